The van der Waals surface area contributed by atoms with Gasteiger partial charge in [0.25, 0.3) is 0 Å². The fraction of sp³-hybridized carbons (Fsp3) is 0.462. The monoisotopic (exact) mass is 263 g/mol. The molecule has 0 aliphatic carbocycles. The molecular formula is C13H17N3O3. The normalized spacial score (nSPS) is 18.3. The Hall–Kier alpha value is -1.95. The second kappa shape index (κ2) is 4.97. The molecule has 19 heavy (non-hydrogen) atoms. The van der Waals surface area contributed by atoms with Crippen molar-refractivity contribution in [1.29, 1.82) is 0 Å². The van der Waals surface area contributed by atoms with Crippen molar-refractivity contribution in [3.8, 4) is 0 Å². The van der Waals surface area contributed by atoms with E-state index in [1.165, 1.54) is 7.11 Å². The van der Waals surface area contributed by atoms with E-state index in [1.807, 2.05) is 13.8 Å². The maximum absolute atomic E-state index is 12.3. The summed E-state index contributed by atoms with van der Waals surface area (Å²) in [4.78, 5) is 29.5. The first-order valence-electron chi connectivity index (χ1n) is 6.08. The Labute approximate surface area is 111 Å². The van der Waals surface area contributed by atoms with Crippen LogP contribution in [-0.4, -0.2) is 42.6 Å². The molecule has 1 N–H and O–H groups in total. The van der Waals surface area contributed by atoms with E-state index in [1.54, 1.807) is 23.1 Å². The van der Waals surface area contributed by atoms with Gasteiger partial charge in [0.05, 0.1) is 12.6 Å². The summed E-state index contributed by atoms with van der Waals surface area (Å²) in [7, 11) is 1.30. The van der Waals surface area contributed by atoms with Crippen LogP contribution in [0, 0.1) is 0 Å². The highest BCUT2D eigenvalue weighted by atomic mass is 16.5. The topological polar surface area (TPSA) is 71.5 Å². The van der Waals surface area contributed by atoms with Gasteiger partial charge in [-0.25, -0.2) is 9.78 Å². The molecule has 6 heteroatoms. The van der Waals surface area contributed by atoms with Gasteiger partial charge < -0.3 is 10.1 Å². The van der Waals surface area contributed by atoms with Crippen molar-refractivity contribution >= 4 is 17.7 Å². The Bertz CT molecular complexity index is 514. The highest BCUT2D eigenvalue weighted by Gasteiger charge is 2.36. The third-order valence-electron chi connectivity index (χ3n) is 3.09. The maximum atomic E-state index is 12.3. The number of nitrogens with zero attached hydrogens (tertiary/aromatic N) is 2. The van der Waals surface area contributed by atoms with E-state index in [4.69, 9.17) is 0 Å². The Balaban J connectivity index is 2.31. The van der Waals surface area contributed by atoms with E-state index in [9.17, 15) is 9.59 Å². The van der Waals surface area contributed by atoms with Gasteiger partial charge in [-0.05, 0) is 26.0 Å². The van der Waals surface area contributed by atoms with Crippen LogP contribution in [0.4, 0.5) is 5.82 Å². The van der Waals surface area contributed by atoms with Crippen molar-refractivity contribution in [3.05, 3.63) is 23.9 Å². The van der Waals surface area contributed by atoms with E-state index in [-0.39, 0.29) is 11.6 Å². The van der Waals surface area contributed by atoms with Crippen LogP contribution in [0.3, 0.4) is 0 Å². The quantitative estimate of drug-likeness (QED) is 0.790. The number of aromatic nitrogens is 1. The summed E-state index contributed by atoms with van der Waals surface area (Å²) in [5, 5.41) is 3.15. The van der Waals surface area contributed by atoms with E-state index in [2.05, 4.69) is 15.0 Å². The van der Waals surface area contributed by atoms with Crippen LogP contribution in [0.1, 0.15) is 24.3 Å². The number of methoxy groups -OCH3 is 1. The standard InChI is InChI=1S/C13H17N3O3/c1-13(2)12(18)16(8-7-14-13)10-6-4-5-9(15-10)11(17)19-3/h4-6,14H,7-8H2,1-3H3. The van der Waals surface area contributed by atoms with Crippen molar-refractivity contribution < 1.29 is 14.3 Å². The lowest BCUT2D eigenvalue weighted by atomic mass is 10.0. The molecule has 1 amide bonds. The lowest BCUT2D eigenvalue weighted by Gasteiger charge is -2.37. The van der Waals surface area contributed by atoms with Gasteiger partial charge in [-0.2, -0.15) is 0 Å². The summed E-state index contributed by atoms with van der Waals surface area (Å²) in [6.07, 6.45) is 0. The molecule has 1 fully saturated rings. The van der Waals surface area contributed by atoms with E-state index >= 15 is 0 Å². The first-order valence-corrected chi connectivity index (χ1v) is 6.08. The number of hydrogen-bond acceptors (Lipinski definition) is 5. The Morgan fingerprint density at radius 1 is 1.47 bits per heavy atom. The van der Waals surface area contributed by atoms with Gasteiger partial charge in [0.2, 0.25) is 5.91 Å². The van der Waals surface area contributed by atoms with Gasteiger partial charge in [0.1, 0.15) is 5.82 Å². The molecule has 1 aromatic heterocycles. The molecule has 102 valence electrons. The number of carbonyl (C=O) groups excluding carboxylic acids is 2. The van der Waals surface area contributed by atoms with Gasteiger partial charge in [-0.3, -0.25) is 9.69 Å². The van der Waals surface area contributed by atoms with Gasteiger partial charge in [-0.15, -0.1) is 0 Å². The van der Waals surface area contributed by atoms with E-state index in [0.29, 0.717) is 18.9 Å². The fourth-order valence-electron chi connectivity index (χ4n) is 2.01. The van der Waals surface area contributed by atoms with Crippen LogP contribution in [-0.2, 0) is 9.53 Å². The van der Waals surface area contributed by atoms with Crippen LogP contribution < -0.4 is 10.2 Å². The summed E-state index contributed by atoms with van der Waals surface area (Å²) in [5.74, 6) is -0.0977. The van der Waals surface area contributed by atoms with Crippen LogP contribution in [0.15, 0.2) is 18.2 Å². The van der Waals surface area contributed by atoms with Crippen molar-refractivity contribution in [2.45, 2.75) is 19.4 Å². The molecule has 0 spiro atoms. The number of piperazine rings is 1. The second-order valence-electron chi connectivity index (χ2n) is 4.88. The minimum atomic E-state index is -0.624. The number of esters is 1. The van der Waals surface area contributed by atoms with Gasteiger partial charge in [-0.1, -0.05) is 6.07 Å². The molecule has 0 unspecified atom stereocenters. The third-order valence-corrected chi connectivity index (χ3v) is 3.09. The molecule has 0 aromatic carbocycles. The number of anilines is 1. The summed E-state index contributed by atoms with van der Waals surface area (Å²) in [6, 6.07) is 4.97. The Morgan fingerprint density at radius 2 is 2.21 bits per heavy atom. The van der Waals surface area contributed by atoms with Crippen LogP contribution >= 0.6 is 0 Å². The molecule has 0 atom stereocenters. The SMILES string of the molecule is COC(=O)c1cccc(N2CCNC(C)(C)C2=O)n1. The average Bonchev–Trinajstić information content (AvgIpc) is 2.41. The van der Waals surface area contributed by atoms with E-state index in [0.717, 1.165) is 0 Å². The molecule has 1 aliphatic rings. The van der Waals surface area contributed by atoms with Crippen LogP contribution in [0.5, 0.6) is 0 Å². The van der Waals surface area contributed by atoms with Crippen molar-refractivity contribution in [3.63, 3.8) is 0 Å². The first kappa shape index (κ1) is 13.5. The summed E-state index contributed by atoms with van der Waals surface area (Å²) in [5.41, 5.74) is -0.426. The molecule has 0 saturated carbocycles. The number of rotatable bonds is 2. The second-order valence-corrected chi connectivity index (χ2v) is 4.88. The van der Waals surface area contributed by atoms with Crippen LogP contribution in [0.25, 0.3) is 0 Å². The zero-order valence-electron chi connectivity index (χ0n) is 11.3. The molecule has 1 saturated heterocycles. The van der Waals surface area contributed by atoms with Gasteiger partial charge in [0, 0.05) is 13.1 Å². The average molecular weight is 263 g/mol. The predicted octanol–water partition coefficient (Wildman–Crippen LogP) is 0.583. The summed E-state index contributed by atoms with van der Waals surface area (Å²) >= 11 is 0. The zero-order valence-corrected chi connectivity index (χ0v) is 11.3. The zero-order chi connectivity index (χ0) is 14.0. The minimum Gasteiger partial charge on any atom is -0.464 e. The number of hydrogen-bond donors (Lipinski definition) is 1. The fourth-order valence-corrected chi connectivity index (χ4v) is 2.01. The molecule has 0 bridgehead atoms. The smallest absolute Gasteiger partial charge is 0.356 e. The molecule has 1 aliphatic heterocycles. The number of carbonyl (C=O) groups is 2. The Kier molecular flexibility index (Phi) is 3.53. The third kappa shape index (κ3) is 2.58. The first-order chi connectivity index (χ1) is 8.95. The number of nitrogens with one attached hydrogen (secondary N) is 1. The molecular weight excluding hydrogens is 246 g/mol. The molecule has 1 aromatic rings. The number of amides is 1. The van der Waals surface area contributed by atoms with E-state index < -0.39 is 11.5 Å². The van der Waals surface area contributed by atoms with Crippen LogP contribution in [0.2, 0.25) is 0 Å². The summed E-state index contributed by atoms with van der Waals surface area (Å²) < 4.78 is 4.63. The van der Waals surface area contributed by atoms with Crippen molar-refractivity contribution in [1.82, 2.24) is 10.3 Å². The largest absolute Gasteiger partial charge is 0.464 e. The Morgan fingerprint density at radius 3 is 2.89 bits per heavy atom. The lowest BCUT2D eigenvalue weighted by molar-refractivity contribution is -0.125. The molecule has 0 radical (unpaired) electrons. The maximum Gasteiger partial charge on any atom is 0.356 e. The van der Waals surface area contributed by atoms with Gasteiger partial charge in [0.15, 0.2) is 5.69 Å². The number of pyridine rings is 1. The lowest BCUT2D eigenvalue weighted by Crippen LogP contribution is -2.61. The molecule has 2 heterocycles. The summed E-state index contributed by atoms with van der Waals surface area (Å²) in [6.45, 7) is 4.86. The van der Waals surface area contributed by atoms with Crippen molar-refractivity contribution in [2.75, 3.05) is 25.1 Å². The van der Waals surface area contributed by atoms with Crippen molar-refractivity contribution in [2.24, 2.45) is 0 Å². The highest BCUT2D eigenvalue weighted by Crippen LogP contribution is 2.19. The minimum absolute atomic E-state index is 0.0618. The predicted molar refractivity (Wildman–Crippen MR) is 70.0 cm³/mol. The number of ether oxygens (including phenoxy) is 1. The van der Waals surface area contributed by atoms with Gasteiger partial charge >= 0.3 is 5.97 Å². The molecule has 2 rings (SSSR count). The molecule has 6 nitrogen and oxygen atoms in total. The highest BCUT2D eigenvalue weighted by molar-refractivity contribution is 6.00.